The maximum absolute atomic E-state index is 14.0. The minimum absolute atomic E-state index is 0.00435. The molecule has 3 rings (SSSR count). The fraction of sp³-hybridized carbons (Fsp3) is 0.714. The van der Waals surface area contributed by atoms with Crippen molar-refractivity contribution in [2.24, 2.45) is 17.1 Å². The Bertz CT molecular complexity index is 905. The zero-order valence-electron chi connectivity index (χ0n) is 22.8. The molecule has 5 atom stereocenters. The molecule has 0 radical (unpaired) electrons. The van der Waals surface area contributed by atoms with Crippen molar-refractivity contribution in [2.45, 2.75) is 91.4 Å². The van der Waals surface area contributed by atoms with Crippen molar-refractivity contribution >= 4 is 11.8 Å². The van der Waals surface area contributed by atoms with E-state index in [1.807, 2.05) is 35.8 Å². The number of hydrogen-bond acceptors (Lipinski definition) is 4. The Kier molecular flexibility index (Phi) is 8.02. The lowest BCUT2D eigenvalue weighted by Gasteiger charge is -2.46. The smallest absolute Gasteiger partial charge is 0.239 e. The Morgan fingerprint density at radius 2 is 1.49 bits per heavy atom. The van der Waals surface area contributed by atoms with E-state index in [2.05, 4.69) is 46.4 Å². The lowest BCUT2D eigenvalue weighted by molar-refractivity contribution is -0.149. The molecule has 0 spiro atoms. The highest BCUT2D eigenvalue weighted by atomic mass is 19.1. The molecule has 196 valence electrons. The molecule has 2 aliphatic rings. The molecule has 0 aromatic heterocycles. The number of nitrogens with zero attached hydrogens (tertiary/aromatic N) is 3. The van der Waals surface area contributed by atoms with E-state index >= 15 is 0 Å². The van der Waals surface area contributed by atoms with Gasteiger partial charge in [0, 0.05) is 49.7 Å². The van der Waals surface area contributed by atoms with Crippen LogP contribution >= 0.6 is 0 Å². The van der Waals surface area contributed by atoms with Gasteiger partial charge in [-0.1, -0.05) is 32.9 Å². The summed E-state index contributed by atoms with van der Waals surface area (Å²) in [6.45, 7) is 19.2. The fourth-order valence-corrected chi connectivity index (χ4v) is 5.56. The third-order valence-electron chi connectivity index (χ3n) is 7.59. The van der Waals surface area contributed by atoms with Gasteiger partial charge in [0.2, 0.25) is 11.8 Å². The molecular weight excluding hydrogens is 443 g/mol. The average Bonchev–Trinajstić information content (AvgIpc) is 3.19. The molecule has 2 aliphatic heterocycles. The summed E-state index contributed by atoms with van der Waals surface area (Å²) in [5, 5.41) is 0. The van der Waals surface area contributed by atoms with Gasteiger partial charge in [0.05, 0.1) is 12.0 Å². The monoisotopic (exact) mass is 488 g/mol. The number of halogens is 1. The van der Waals surface area contributed by atoms with E-state index in [1.165, 1.54) is 12.1 Å². The first-order valence-corrected chi connectivity index (χ1v) is 13.0. The van der Waals surface area contributed by atoms with Crippen molar-refractivity contribution in [2.75, 3.05) is 26.2 Å². The second-order valence-corrected chi connectivity index (χ2v) is 12.9. The SMILES string of the molecule is C[C@@H]1CN(C(=O)C2CN(C(C)(C)C)CC2c2ccc(F)cc2)[C@@H](C)CN1C(=O)[C@@H](N)CC(C)(C)C. The van der Waals surface area contributed by atoms with Crippen LogP contribution in [0.5, 0.6) is 0 Å². The Balaban J connectivity index is 1.78. The number of amides is 2. The van der Waals surface area contributed by atoms with Gasteiger partial charge in [-0.05, 0) is 64.2 Å². The highest BCUT2D eigenvalue weighted by molar-refractivity contribution is 5.84. The lowest BCUT2D eigenvalue weighted by atomic mass is 9.86. The number of carbonyl (C=O) groups excluding carboxylic acids is 2. The first-order valence-electron chi connectivity index (χ1n) is 13.0. The summed E-state index contributed by atoms with van der Waals surface area (Å²) in [6, 6.07) is 5.85. The zero-order chi connectivity index (χ0) is 26.3. The highest BCUT2D eigenvalue weighted by Gasteiger charge is 2.46. The van der Waals surface area contributed by atoms with Gasteiger partial charge in [-0.25, -0.2) is 4.39 Å². The van der Waals surface area contributed by atoms with Crippen LogP contribution in [0.15, 0.2) is 24.3 Å². The van der Waals surface area contributed by atoms with Crippen LogP contribution in [0.3, 0.4) is 0 Å². The summed E-state index contributed by atoms with van der Waals surface area (Å²) in [5.74, 6) is -0.383. The molecule has 2 fully saturated rings. The number of rotatable bonds is 4. The summed E-state index contributed by atoms with van der Waals surface area (Å²) in [5.41, 5.74) is 7.18. The maximum Gasteiger partial charge on any atom is 0.239 e. The Morgan fingerprint density at radius 1 is 0.943 bits per heavy atom. The third kappa shape index (κ3) is 6.42. The summed E-state index contributed by atoms with van der Waals surface area (Å²) in [6.07, 6.45) is 0.621. The van der Waals surface area contributed by atoms with Gasteiger partial charge in [-0.3, -0.25) is 14.5 Å². The van der Waals surface area contributed by atoms with Crippen molar-refractivity contribution in [3.63, 3.8) is 0 Å². The van der Waals surface area contributed by atoms with Crippen LogP contribution < -0.4 is 5.73 Å². The van der Waals surface area contributed by atoms with E-state index < -0.39 is 6.04 Å². The third-order valence-corrected chi connectivity index (χ3v) is 7.59. The van der Waals surface area contributed by atoms with Gasteiger partial charge >= 0.3 is 0 Å². The molecular formula is C28H45FN4O2. The lowest BCUT2D eigenvalue weighted by Crippen LogP contribution is -2.63. The zero-order valence-corrected chi connectivity index (χ0v) is 22.8. The minimum Gasteiger partial charge on any atom is -0.336 e. The van der Waals surface area contributed by atoms with E-state index in [0.29, 0.717) is 26.1 Å². The molecule has 2 heterocycles. The van der Waals surface area contributed by atoms with Crippen LogP contribution in [0.2, 0.25) is 0 Å². The largest absolute Gasteiger partial charge is 0.336 e. The number of hydrogen-bond donors (Lipinski definition) is 1. The van der Waals surface area contributed by atoms with Crippen LogP contribution in [0.25, 0.3) is 0 Å². The van der Waals surface area contributed by atoms with Crippen LogP contribution in [0.1, 0.15) is 73.3 Å². The van der Waals surface area contributed by atoms with E-state index in [1.54, 1.807) is 0 Å². The number of piperazine rings is 1. The number of carbonyl (C=O) groups is 2. The van der Waals surface area contributed by atoms with Crippen molar-refractivity contribution < 1.29 is 14.0 Å². The standard InChI is InChI=1S/C28H45FN4O2/c1-18-15-33(26(35)24(30)13-27(3,4)5)19(2)14-32(18)25(34)23-17-31(28(6,7)8)16-22(23)20-9-11-21(29)12-10-20/h9-12,18-19,22-24H,13-17,30H2,1-8H3/t18-,19+,22?,23?,24-/m0/s1. The summed E-state index contributed by atoms with van der Waals surface area (Å²) < 4.78 is 13.6. The Labute approximate surface area is 211 Å². The second kappa shape index (κ2) is 10.2. The van der Waals surface area contributed by atoms with Crippen LogP contribution in [-0.2, 0) is 9.59 Å². The Morgan fingerprint density at radius 3 is 2.03 bits per heavy atom. The topological polar surface area (TPSA) is 69.9 Å². The first-order chi connectivity index (χ1) is 16.1. The number of likely N-dealkylation sites (tertiary alicyclic amines) is 1. The number of nitrogens with two attached hydrogens (primary N) is 1. The number of benzene rings is 1. The molecule has 2 saturated heterocycles. The molecule has 0 saturated carbocycles. The summed E-state index contributed by atoms with van der Waals surface area (Å²) >= 11 is 0. The molecule has 2 amide bonds. The molecule has 0 aliphatic carbocycles. The van der Waals surface area contributed by atoms with E-state index in [0.717, 1.165) is 12.1 Å². The van der Waals surface area contributed by atoms with Crippen molar-refractivity contribution in [3.05, 3.63) is 35.6 Å². The van der Waals surface area contributed by atoms with Crippen LogP contribution in [-0.4, -0.2) is 76.4 Å². The predicted molar refractivity (Wildman–Crippen MR) is 138 cm³/mol. The molecule has 2 N–H and O–H groups in total. The van der Waals surface area contributed by atoms with Gasteiger partial charge in [0.15, 0.2) is 0 Å². The van der Waals surface area contributed by atoms with Gasteiger partial charge in [-0.15, -0.1) is 0 Å². The molecule has 1 aromatic rings. The van der Waals surface area contributed by atoms with Crippen LogP contribution in [0, 0.1) is 17.2 Å². The molecule has 7 heteroatoms. The van der Waals surface area contributed by atoms with Gasteiger partial charge in [0.25, 0.3) is 0 Å². The van der Waals surface area contributed by atoms with Gasteiger partial charge < -0.3 is 15.5 Å². The molecule has 1 aromatic carbocycles. The van der Waals surface area contributed by atoms with Gasteiger partial charge in [-0.2, -0.15) is 0 Å². The highest BCUT2D eigenvalue weighted by Crippen LogP contribution is 2.38. The van der Waals surface area contributed by atoms with Gasteiger partial charge in [0.1, 0.15) is 5.82 Å². The van der Waals surface area contributed by atoms with Crippen molar-refractivity contribution in [3.8, 4) is 0 Å². The van der Waals surface area contributed by atoms with Crippen molar-refractivity contribution in [1.29, 1.82) is 0 Å². The first kappa shape index (κ1) is 27.6. The molecule has 6 nitrogen and oxygen atoms in total. The predicted octanol–water partition coefficient (Wildman–Crippen LogP) is 3.85. The second-order valence-electron chi connectivity index (χ2n) is 12.9. The minimum atomic E-state index is -0.537. The van der Waals surface area contributed by atoms with E-state index in [9.17, 15) is 14.0 Å². The summed E-state index contributed by atoms with van der Waals surface area (Å²) in [7, 11) is 0. The fourth-order valence-electron chi connectivity index (χ4n) is 5.56. The normalized spacial score (nSPS) is 27.3. The molecule has 35 heavy (non-hydrogen) atoms. The maximum atomic E-state index is 14.0. The Hall–Kier alpha value is -1.99. The quantitative estimate of drug-likeness (QED) is 0.699. The van der Waals surface area contributed by atoms with E-state index in [-0.39, 0.29) is 52.5 Å². The molecule has 2 unspecified atom stereocenters. The average molecular weight is 489 g/mol. The van der Waals surface area contributed by atoms with Crippen molar-refractivity contribution in [1.82, 2.24) is 14.7 Å². The summed E-state index contributed by atoms with van der Waals surface area (Å²) in [4.78, 5) is 33.3. The molecule has 0 bridgehead atoms. The van der Waals surface area contributed by atoms with Crippen LogP contribution in [0.4, 0.5) is 4.39 Å². The van der Waals surface area contributed by atoms with E-state index in [4.69, 9.17) is 5.73 Å².